The van der Waals surface area contributed by atoms with E-state index in [1.165, 1.54) is 0 Å². The van der Waals surface area contributed by atoms with Crippen molar-refractivity contribution >= 4 is 44.6 Å². The summed E-state index contributed by atoms with van der Waals surface area (Å²) in [6.45, 7) is 0.418. The van der Waals surface area contributed by atoms with Crippen LogP contribution in [0.15, 0.2) is 53.7 Å². The Labute approximate surface area is 201 Å². The fourth-order valence-electron chi connectivity index (χ4n) is 4.09. The van der Waals surface area contributed by atoms with Crippen LogP contribution < -0.4 is 10.8 Å². The number of benzene rings is 2. The fraction of sp³-hybridized carbons (Fsp3) is 0.318. The fourth-order valence-corrected chi connectivity index (χ4v) is 5.53. The highest BCUT2D eigenvalue weighted by Gasteiger charge is 2.41. The van der Waals surface area contributed by atoms with Crippen molar-refractivity contribution in [2.45, 2.75) is 17.7 Å². The molecular formula is C22H25N5O5S2. The molecule has 180 valence electrons. The van der Waals surface area contributed by atoms with Gasteiger partial charge in [-0.05, 0) is 36.1 Å². The summed E-state index contributed by atoms with van der Waals surface area (Å²) in [5, 5.41) is 12.6. The molecule has 2 heterocycles. The highest BCUT2D eigenvalue weighted by molar-refractivity contribution is 7.98. The van der Waals surface area contributed by atoms with Gasteiger partial charge < -0.3 is 9.88 Å². The van der Waals surface area contributed by atoms with Crippen LogP contribution in [0, 0.1) is 5.92 Å². The largest absolute Gasteiger partial charge is 0.347 e. The Hall–Kier alpha value is -2.93. The highest BCUT2D eigenvalue weighted by atomic mass is 32.2. The average Bonchev–Trinajstić information content (AvgIpc) is 3.41. The number of aromatic nitrogens is 2. The van der Waals surface area contributed by atoms with Gasteiger partial charge in [0.2, 0.25) is 15.9 Å². The Bertz CT molecular complexity index is 1320. The summed E-state index contributed by atoms with van der Waals surface area (Å²) in [5.41, 5.74) is 4.86. The molecule has 3 N–H and O–H groups in total. The molecule has 0 spiro atoms. The van der Waals surface area contributed by atoms with Gasteiger partial charge in [-0.3, -0.25) is 14.8 Å². The Morgan fingerprint density at radius 3 is 2.50 bits per heavy atom. The summed E-state index contributed by atoms with van der Waals surface area (Å²) < 4.78 is 27.0. The SMILES string of the molecule is CSc1nc2ccccc2n1Cc1ccc(C(=O)N[C@@H]2CN(S(C)(=O)=O)C[C@@H]2C(=O)NO)cc1. The molecule has 2 amide bonds. The minimum absolute atomic E-state index is 0.0497. The number of thioether (sulfide) groups is 1. The predicted molar refractivity (Wildman–Crippen MR) is 128 cm³/mol. The lowest BCUT2D eigenvalue weighted by Crippen LogP contribution is -2.45. The first-order valence-electron chi connectivity index (χ1n) is 10.5. The topological polar surface area (TPSA) is 134 Å². The Balaban J connectivity index is 1.49. The summed E-state index contributed by atoms with van der Waals surface area (Å²) >= 11 is 1.56. The van der Waals surface area contributed by atoms with E-state index in [1.807, 2.05) is 42.7 Å². The molecule has 3 aromatic rings. The number of imidazole rings is 1. The van der Waals surface area contributed by atoms with Gasteiger partial charge in [0.1, 0.15) is 0 Å². The molecule has 2 aromatic carbocycles. The Morgan fingerprint density at radius 1 is 1.15 bits per heavy atom. The van der Waals surface area contributed by atoms with E-state index in [-0.39, 0.29) is 13.1 Å². The Morgan fingerprint density at radius 2 is 1.85 bits per heavy atom. The minimum Gasteiger partial charge on any atom is -0.347 e. The number of hydrogen-bond acceptors (Lipinski definition) is 7. The lowest BCUT2D eigenvalue weighted by atomic mass is 10.0. The molecule has 12 heteroatoms. The summed E-state index contributed by atoms with van der Waals surface area (Å²) in [7, 11) is -3.55. The number of carbonyl (C=O) groups excluding carboxylic acids is 2. The molecule has 1 saturated heterocycles. The van der Waals surface area contributed by atoms with Crippen LogP contribution >= 0.6 is 11.8 Å². The molecule has 10 nitrogen and oxygen atoms in total. The van der Waals surface area contributed by atoms with Crippen LogP contribution in [0.25, 0.3) is 11.0 Å². The molecule has 0 aliphatic carbocycles. The number of amides is 2. The van der Waals surface area contributed by atoms with Crippen molar-refractivity contribution in [1.29, 1.82) is 0 Å². The third-order valence-corrected chi connectivity index (χ3v) is 7.79. The molecule has 2 atom stereocenters. The van der Waals surface area contributed by atoms with E-state index in [0.29, 0.717) is 12.1 Å². The number of carbonyl (C=O) groups is 2. The van der Waals surface area contributed by atoms with Crippen molar-refractivity contribution in [1.82, 2.24) is 24.7 Å². The van der Waals surface area contributed by atoms with Crippen molar-refractivity contribution in [3.8, 4) is 0 Å². The van der Waals surface area contributed by atoms with E-state index in [1.54, 1.807) is 29.4 Å². The standard InChI is InChI=1S/C22H25N5O5S2/c1-33-22-24-17-5-3-4-6-19(17)27(22)11-14-7-9-15(10-8-14)20(28)23-18-13-26(34(2,31)32)12-16(18)21(29)25-30/h3-10,16,18,30H,11-13H2,1-2H3,(H,23,28)(H,25,29)/t16-,18+/m0/s1. The van der Waals surface area contributed by atoms with Crippen molar-refractivity contribution in [3.05, 3.63) is 59.7 Å². The van der Waals surface area contributed by atoms with Crippen molar-refractivity contribution in [2.75, 3.05) is 25.6 Å². The van der Waals surface area contributed by atoms with Gasteiger partial charge in [0, 0.05) is 18.7 Å². The zero-order valence-electron chi connectivity index (χ0n) is 18.6. The molecule has 1 aliphatic rings. The molecule has 4 rings (SSSR count). The van der Waals surface area contributed by atoms with Crippen molar-refractivity contribution in [2.24, 2.45) is 5.92 Å². The Kier molecular flexibility index (Phi) is 6.94. The number of rotatable bonds is 7. The molecule has 1 aromatic heterocycles. The van der Waals surface area contributed by atoms with Gasteiger partial charge in [-0.2, -0.15) is 4.31 Å². The third kappa shape index (κ3) is 4.94. The number of fused-ring (bicyclic) bond motifs is 1. The van der Waals surface area contributed by atoms with E-state index < -0.39 is 33.8 Å². The van der Waals surface area contributed by atoms with Gasteiger partial charge in [0.05, 0.1) is 35.8 Å². The third-order valence-electron chi connectivity index (χ3n) is 5.88. The zero-order chi connectivity index (χ0) is 24.5. The monoisotopic (exact) mass is 503 g/mol. The first-order valence-corrected chi connectivity index (χ1v) is 13.6. The molecule has 1 aliphatic heterocycles. The maximum absolute atomic E-state index is 12.8. The number of nitrogens with one attached hydrogen (secondary N) is 2. The molecule has 1 fully saturated rings. The number of sulfonamides is 1. The normalized spacial score (nSPS) is 18.8. The number of hydroxylamine groups is 1. The van der Waals surface area contributed by atoms with Gasteiger partial charge in [-0.1, -0.05) is 36.0 Å². The van der Waals surface area contributed by atoms with E-state index in [9.17, 15) is 18.0 Å². The van der Waals surface area contributed by atoms with E-state index in [0.717, 1.165) is 32.3 Å². The van der Waals surface area contributed by atoms with Crippen LogP contribution in [0.1, 0.15) is 15.9 Å². The molecule has 0 unspecified atom stereocenters. The van der Waals surface area contributed by atoms with Crippen LogP contribution in [-0.2, 0) is 21.4 Å². The molecule has 0 radical (unpaired) electrons. The lowest BCUT2D eigenvalue weighted by Gasteiger charge is -2.18. The second-order valence-electron chi connectivity index (χ2n) is 8.11. The van der Waals surface area contributed by atoms with Crippen LogP contribution in [0.5, 0.6) is 0 Å². The van der Waals surface area contributed by atoms with Gasteiger partial charge in [0.15, 0.2) is 5.16 Å². The smallest absolute Gasteiger partial charge is 0.251 e. The summed E-state index contributed by atoms with van der Waals surface area (Å²) in [6, 6.07) is 14.2. The van der Waals surface area contributed by atoms with E-state index >= 15 is 0 Å². The van der Waals surface area contributed by atoms with Gasteiger partial charge in [-0.15, -0.1) is 0 Å². The maximum atomic E-state index is 12.8. The second kappa shape index (κ2) is 9.74. The first-order chi connectivity index (χ1) is 16.2. The van der Waals surface area contributed by atoms with Gasteiger partial charge in [-0.25, -0.2) is 18.9 Å². The summed E-state index contributed by atoms with van der Waals surface area (Å²) in [4.78, 5) is 29.5. The number of hydrogen-bond donors (Lipinski definition) is 3. The number of para-hydroxylation sites is 2. The summed E-state index contributed by atoms with van der Waals surface area (Å²) in [5.74, 6) is -2.08. The van der Waals surface area contributed by atoms with Crippen molar-refractivity contribution in [3.63, 3.8) is 0 Å². The van der Waals surface area contributed by atoms with Crippen LogP contribution in [0.4, 0.5) is 0 Å². The van der Waals surface area contributed by atoms with E-state index in [4.69, 9.17) is 5.21 Å². The first kappa shape index (κ1) is 24.2. The van der Waals surface area contributed by atoms with Gasteiger partial charge in [0.25, 0.3) is 5.91 Å². The molecule has 0 bridgehead atoms. The van der Waals surface area contributed by atoms with E-state index in [2.05, 4.69) is 14.9 Å². The predicted octanol–water partition coefficient (Wildman–Crippen LogP) is 1.30. The van der Waals surface area contributed by atoms with Crippen LogP contribution in [-0.4, -0.2) is 70.9 Å². The molecule has 0 saturated carbocycles. The minimum atomic E-state index is -3.55. The second-order valence-corrected chi connectivity index (χ2v) is 10.9. The molecule has 34 heavy (non-hydrogen) atoms. The van der Waals surface area contributed by atoms with Crippen LogP contribution in [0.3, 0.4) is 0 Å². The highest BCUT2D eigenvalue weighted by Crippen LogP contribution is 2.24. The maximum Gasteiger partial charge on any atom is 0.251 e. The van der Waals surface area contributed by atoms with Gasteiger partial charge >= 0.3 is 0 Å². The zero-order valence-corrected chi connectivity index (χ0v) is 20.3. The molecular weight excluding hydrogens is 478 g/mol. The quantitative estimate of drug-likeness (QED) is 0.251. The van der Waals surface area contributed by atoms with Crippen LogP contribution in [0.2, 0.25) is 0 Å². The average molecular weight is 504 g/mol. The van der Waals surface area contributed by atoms with Crippen molar-refractivity contribution < 1.29 is 23.2 Å². The lowest BCUT2D eigenvalue weighted by molar-refractivity contribution is -0.133. The number of nitrogens with zero attached hydrogens (tertiary/aromatic N) is 3. The summed E-state index contributed by atoms with van der Waals surface area (Å²) in [6.07, 6.45) is 3.01.